The van der Waals surface area contributed by atoms with Crippen LogP contribution in [0.3, 0.4) is 0 Å². The zero-order valence-corrected chi connectivity index (χ0v) is 8.84. The molecule has 1 aromatic rings. The van der Waals surface area contributed by atoms with E-state index in [1.165, 1.54) is 13.0 Å². The van der Waals surface area contributed by atoms with Gasteiger partial charge >= 0.3 is 0 Å². The molecule has 0 aromatic heterocycles. The molecule has 82 valence electrons. The standard InChI is InChI=1S/C10H10ClFO3/c1-5(13)8-9(12)6(11)4-7-10(8)15-3-2-14-7/h4-5,13H,2-3H2,1H3. The fourth-order valence-corrected chi connectivity index (χ4v) is 1.73. The second-order valence-corrected chi connectivity index (χ2v) is 3.69. The highest BCUT2D eigenvalue weighted by Crippen LogP contribution is 2.41. The summed E-state index contributed by atoms with van der Waals surface area (Å²) in [6, 6.07) is 1.36. The number of fused-ring (bicyclic) bond motifs is 1. The molecule has 1 aliphatic heterocycles. The number of benzene rings is 1. The summed E-state index contributed by atoms with van der Waals surface area (Å²) in [7, 11) is 0. The van der Waals surface area contributed by atoms with E-state index in [4.69, 9.17) is 21.1 Å². The van der Waals surface area contributed by atoms with Gasteiger partial charge in [0, 0.05) is 6.07 Å². The second kappa shape index (κ2) is 3.87. The van der Waals surface area contributed by atoms with Crippen molar-refractivity contribution in [3.05, 3.63) is 22.5 Å². The third kappa shape index (κ3) is 1.75. The van der Waals surface area contributed by atoms with Gasteiger partial charge in [-0.3, -0.25) is 0 Å². The van der Waals surface area contributed by atoms with E-state index in [2.05, 4.69) is 0 Å². The predicted octanol–water partition coefficient (Wildman–Crippen LogP) is 2.30. The number of hydrogen-bond acceptors (Lipinski definition) is 3. The molecule has 0 spiro atoms. The van der Waals surface area contributed by atoms with E-state index in [1.807, 2.05) is 0 Å². The Balaban J connectivity index is 2.63. The Morgan fingerprint density at radius 2 is 2.13 bits per heavy atom. The minimum Gasteiger partial charge on any atom is -0.486 e. The van der Waals surface area contributed by atoms with E-state index >= 15 is 0 Å². The van der Waals surface area contributed by atoms with E-state index < -0.39 is 11.9 Å². The highest BCUT2D eigenvalue weighted by Gasteiger charge is 2.25. The van der Waals surface area contributed by atoms with Crippen molar-refractivity contribution in [1.29, 1.82) is 0 Å². The molecule has 0 radical (unpaired) electrons. The first-order valence-corrected chi connectivity index (χ1v) is 4.94. The van der Waals surface area contributed by atoms with Crippen LogP contribution in [0.5, 0.6) is 11.5 Å². The first kappa shape index (κ1) is 10.5. The van der Waals surface area contributed by atoms with Crippen LogP contribution < -0.4 is 9.47 Å². The largest absolute Gasteiger partial charge is 0.486 e. The van der Waals surface area contributed by atoms with Crippen molar-refractivity contribution in [1.82, 2.24) is 0 Å². The zero-order valence-electron chi connectivity index (χ0n) is 8.09. The van der Waals surface area contributed by atoms with Gasteiger partial charge in [-0.25, -0.2) is 4.39 Å². The van der Waals surface area contributed by atoms with E-state index in [0.29, 0.717) is 19.0 Å². The quantitative estimate of drug-likeness (QED) is 0.808. The van der Waals surface area contributed by atoms with Gasteiger partial charge in [0.1, 0.15) is 13.2 Å². The summed E-state index contributed by atoms with van der Waals surface area (Å²) in [5.74, 6) is -0.0300. The fraction of sp³-hybridized carbons (Fsp3) is 0.400. The molecule has 5 heteroatoms. The van der Waals surface area contributed by atoms with Crippen LogP contribution in [-0.2, 0) is 0 Å². The third-order valence-electron chi connectivity index (χ3n) is 2.18. The van der Waals surface area contributed by atoms with Gasteiger partial charge in [0.15, 0.2) is 17.3 Å². The van der Waals surface area contributed by atoms with Gasteiger partial charge in [0.05, 0.1) is 16.7 Å². The molecule has 1 atom stereocenters. The molecule has 0 saturated carbocycles. The monoisotopic (exact) mass is 232 g/mol. The summed E-state index contributed by atoms with van der Waals surface area (Å²) >= 11 is 5.67. The maximum absolute atomic E-state index is 13.6. The lowest BCUT2D eigenvalue weighted by Crippen LogP contribution is -2.18. The van der Waals surface area contributed by atoms with Crippen LogP contribution in [0, 0.1) is 5.82 Å². The molecule has 1 unspecified atom stereocenters. The Bertz CT molecular complexity index is 393. The van der Waals surface area contributed by atoms with Gasteiger partial charge in [-0.05, 0) is 6.92 Å². The smallest absolute Gasteiger partial charge is 0.170 e. The summed E-state index contributed by atoms with van der Waals surface area (Å²) < 4.78 is 24.1. The Labute approximate surface area is 91.4 Å². The van der Waals surface area contributed by atoms with Crippen molar-refractivity contribution in [2.24, 2.45) is 0 Å². The van der Waals surface area contributed by atoms with Crippen LogP contribution in [0.2, 0.25) is 5.02 Å². The lowest BCUT2D eigenvalue weighted by atomic mass is 10.1. The summed E-state index contributed by atoms with van der Waals surface area (Å²) in [4.78, 5) is 0. The van der Waals surface area contributed by atoms with Crippen LogP contribution in [0.25, 0.3) is 0 Å². The van der Waals surface area contributed by atoms with Crippen LogP contribution in [0.1, 0.15) is 18.6 Å². The van der Waals surface area contributed by atoms with Gasteiger partial charge in [-0.1, -0.05) is 11.6 Å². The van der Waals surface area contributed by atoms with Crippen molar-refractivity contribution in [2.45, 2.75) is 13.0 Å². The molecular weight excluding hydrogens is 223 g/mol. The van der Waals surface area contributed by atoms with Crippen LogP contribution in [0.15, 0.2) is 6.07 Å². The van der Waals surface area contributed by atoms with Gasteiger partial charge in [0.25, 0.3) is 0 Å². The third-order valence-corrected chi connectivity index (χ3v) is 2.45. The molecular formula is C10H10ClFO3. The normalized spacial score (nSPS) is 16.3. The first-order valence-electron chi connectivity index (χ1n) is 4.57. The van der Waals surface area contributed by atoms with Gasteiger partial charge in [-0.2, -0.15) is 0 Å². The molecule has 15 heavy (non-hydrogen) atoms. The average molecular weight is 233 g/mol. The molecule has 0 amide bonds. The topological polar surface area (TPSA) is 38.7 Å². The molecule has 0 bridgehead atoms. The molecule has 2 rings (SSSR count). The number of aliphatic hydroxyl groups is 1. The number of aliphatic hydroxyl groups excluding tert-OH is 1. The number of hydrogen-bond donors (Lipinski definition) is 1. The average Bonchev–Trinajstić information content (AvgIpc) is 2.19. The van der Waals surface area contributed by atoms with Crippen LogP contribution in [-0.4, -0.2) is 18.3 Å². The Hall–Kier alpha value is -1.00. The van der Waals surface area contributed by atoms with Crippen LogP contribution in [0.4, 0.5) is 4.39 Å². The summed E-state index contributed by atoms with van der Waals surface area (Å²) in [5.41, 5.74) is 0.0530. The van der Waals surface area contributed by atoms with Crippen molar-refractivity contribution in [3.63, 3.8) is 0 Å². The first-order chi connectivity index (χ1) is 7.11. The Morgan fingerprint density at radius 1 is 1.47 bits per heavy atom. The van der Waals surface area contributed by atoms with Gasteiger partial charge < -0.3 is 14.6 Å². The summed E-state index contributed by atoms with van der Waals surface area (Å²) in [6.07, 6.45) is -0.987. The van der Waals surface area contributed by atoms with Gasteiger partial charge in [0.2, 0.25) is 0 Å². The predicted molar refractivity (Wildman–Crippen MR) is 53.0 cm³/mol. The van der Waals surface area contributed by atoms with Crippen molar-refractivity contribution < 1.29 is 19.0 Å². The molecule has 1 N–H and O–H groups in total. The van der Waals surface area contributed by atoms with E-state index in [9.17, 15) is 9.50 Å². The zero-order chi connectivity index (χ0) is 11.0. The minimum atomic E-state index is -0.987. The van der Waals surface area contributed by atoms with Crippen LogP contribution >= 0.6 is 11.6 Å². The molecule has 0 aliphatic carbocycles. The molecule has 1 heterocycles. The number of halogens is 2. The minimum absolute atomic E-state index is 0.0530. The van der Waals surface area contributed by atoms with Crippen molar-refractivity contribution >= 4 is 11.6 Å². The number of rotatable bonds is 1. The maximum atomic E-state index is 13.6. The molecule has 1 aromatic carbocycles. The van der Waals surface area contributed by atoms with E-state index in [0.717, 1.165) is 0 Å². The van der Waals surface area contributed by atoms with Crippen molar-refractivity contribution in [3.8, 4) is 11.5 Å². The fourth-order valence-electron chi connectivity index (χ4n) is 1.53. The molecule has 1 aliphatic rings. The Morgan fingerprint density at radius 3 is 2.80 bits per heavy atom. The molecule has 0 fully saturated rings. The van der Waals surface area contributed by atoms with E-state index in [-0.39, 0.29) is 16.3 Å². The van der Waals surface area contributed by atoms with Gasteiger partial charge in [-0.15, -0.1) is 0 Å². The summed E-state index contributed by atoms with van der Waals surface area (Å²) in [5, 5.41) is 9.38. The lowest BCUT2D eigenvalue weighted by Gasteiger charge is -2.23. The number of ether oxygens (including phenoxy) is 2. The second-order valence-electron chi connectivity index (χ2n) is 3.29. The molecule has 0 saturated heterocycles. The SMILES string of the molecule is CC(O)c1c(F)c(Cl)cc2c1OCCO2. The highest BCUT2D eigenvalue weighted by atomic mass is 35.5. The molecule has 3 nitrogen and oxygen atoms in total. The lowest BCUT2D eigenvalue weighted by molar-refractivity contribution is 0.150. The summed E-state index contributed by atoms with van der Waals surface area (Å²) in [6.45, 7) is 2.19. The van der Waals surface area contributed by atoms with Crippen molar-refractivity contribution in [2.75, 3.05) is 13.2 Å². The highest BCUT2D eigenvalue weighted by molar-refractivity contribution is 6.31. The Kier molecular flexibility index (Phi) is 2.71. The van der Waals surface area contributed by atoms with E-state index in [1.54, 1.807) is 0 Å². The maximum Gasteiger partial charge on any atom is 0.170 e.